The molecule has 0 aromatic rings. The molecule has 0 aromatic carbocycles. The molecule has 0 radical (unpaired) electrons. The number of aliphatic hydroxyl groups excluding tert-OH is 1. The van der Waals surface area contributed by atoms with E-state index in [0.29, 0.717) is 11.5 Å². The van der Waals surface area contributed by atoms with Gasteiger partial charge in [-0.15, -0.1) is 0 Å². The number of aliphatic hydroxyl groups is 1. The summed E-state index contributed by atoms with van der Waals surface area (Å²) < 4.78 is 5.76. The average molecular weight is 206 g/mol. The van der Waals surface area contributed by atoms with E-state index in [1.54, 1.807) is 0 Å². The van der Waals surface area contributed by atoms with Crippen LogP contribution in [0.15, 0.2) is 12.0 Å². The van der Waals surface area contributed by atoms with Crippen molar-refractivity contribution in [1.82, 2.24) is 0 Å². The van der Waals surface area contributed by atoms with E-state index in [0.717, 1.165) is 44.8 Å². The first-order valence-electron chi connectivity index (χ1n) is 5.78. The van der Waals surface area contributed by atoms with Crippen LogP contribution in [-0.4, -0.2) is 16.5 Å². The molecule has 4 fully saturated rings. The standard InChI is InChI=1S/C12H14O3/c13-7-8-10(1-2-10)11(3-4-11)9(14)12(15-8)5-6-12/h7,13H,1-6H2/b8-7+. The number of ketones is 1. The number of carbonyl (C=O) groups excluding carboxylic acids is 1. The highest BCUT2D eigenvalue weighted by Gasteiger charge is 2.80. The van der Waals surface area contributed by atoms with Gasteiger partial charge in [-0.3, -0.25) is 4.79 Å². The van der Waals surface area contributed by atoms with Gasteiger partial charge in [0.1, 0.15) is 12.0 Å². The van der Waals surface area contributed by atoms with Crippen LogP contribution in [0.25, 0.3) is 0 Å². The Morgan fingerprint density at radius 1 is 1.07 bits per heavy atom. The Kier molecular flexibility index (Phi) is 1.07. The lowest BCUT2D eigenvalue weighted by molar-refractivity contribution is -0.147. The van der Waals surface area contributed by atoms with E-state index in [9.17, 15) is 9.90 Å². The first-order chi connectivity index (χ1) is 7.19. The second-order valence-electron chi connectivity index (χ2n) is 5.58. The molecule has 0 amide bonds. The Balaban J connectivity index is 1.86. The van der Waals surface area contributed by atoms with E-state index in [2.05, 4.69) is 0 Å². The molecule has 3 nitrogen and oxygen atoms in total. The molecule has 0 aromatic heterocycles. The summed E-state index contributed by atoms with van der Waals surface area (Å²) in [6, 6.07) is 0. The summed E-state index contributed by atoms with van der Waals surface area (Å²) in [6.07, 6.45) is 6.85. The zero-order valence-electron chi connectivity index (χ0n) is 8.58. The highest BCUT2D eigenvalue weighted by Crippen LogP contribution is 2.78. The summed E-state index contributed by atoms with van der Waals surface area (Å²) in [4.78, 5) is 12.4. The molecule has 80 valence electrons. The molecule has 1 heterocycles. The van der Waals surface area contributed by atoms with Gasteiger partial charge in [0.2, 0.25) is 0 Å². The van der Waals surface area contributed by atoms with Gasteiger partial charge in [0, 0.05) is 10.8 Å². The van der Waals surface area contributed by atoms with E-state index in [4.69, 9.17) is 4.74 Å². The zero-order chi connectivity index (χ0) is 10.3. The predicted molar refractivity (Wildman–Crippen MR) is 52.1 cm³/mol. The van der Waals surface area contributed by atoms with Crippen molar-refractivity contribution < 1.29 is 14.6 Å². The van der Waals surface area contributed by atoms with Crippen LogP contribution in [0.1, 0.15) is 38.5 Å². The van der Waals surface area contributed by atoms with E-state index in [1.165, 1.54) is 0 Å². The third kappa shape index (κ3) is 0.684. The molecule has 15 heavy (non-hydrogen) atoms. The number of Topliss-reactive ketones (excluding diaryl/α,β-unsaturated/α-hetero) is 1. The largest absolute Gasteiger partial charge is 0.512 e. The minimum atomic E-state index is -0.515. The number of carbonyl (C=O) groups is 1. The maximum Gasteiger partial charge on any atom is 0.183 e. The van der Waals surface area contributed by atoms with Crippen LogP contribution in [0.2, 0.25) is 0 Å². The van der Waals surface area contributed by atoms with Crippen molar-refractivity contribution in [3.63, 3.8) is 0 Å². The smallest absolute Gasteiger partial charge is 0.183 e. The normalized spacial score (nSPS) is 38.4. The number of allylic oxidation sites excluding steroid dienone is 1. The van der Waals surface area contributed by atoms with Gasteiger partial charge in [-0.2, -0.15) is 0 Å². The Hall–Kier alpha value is -0.990. The van der Waals surface area contributed by atoms with Gasteiger partial charge in [-0.1, -0.05) is 0 Å². The predicted octanol–water partition coefficient (Wildman–Crippen LogP) is 2.08. The number of hydrogen-bond acceptors (Lipinski definition) is 3. The zero-order valence-corrected chi connectivity index (χ0v) is 8.58. The van der Waals surface area contributed by atoms with Crippen molar-refractivity contribution in [2.75, 3.05) is 0 Å². The molecular weight excluding hydrogens is 192 g/mol. The fraction of sp³-hybridized carbons (Fsp3) is 0.750. The van der Waals surface area contributed by atoms with Crippen LogP contribution in [0.5, 0.6) is 0 Å². The van der Waals surface area contributed by atoms with Gasteiger partial charge in [0.05, 0.1) is 0 Å². The molecule has 4 rings (SSSR count). The summed E-state index contributed by atoms with van der Waals surface area (Å²) in [5.41, 5.74) is -0.734. The Labute approximate surface area is 88.1 Å². The third-order valence-corrected chi connectivity index (χ3v) is 4.86. The highest BCUT2D eigenvalue weighted by atomic mass is 16.5. The first kappa shape index (κ1) is 8.20. The molecule has 0 bridgehead atoms. The van der Waals surface area contributed by atoms with Crippen LogP contribution in [0.3, 0.4) is 0 Å². The van der Waals surface area contributed by atoms with Crippen molar-refractivity contribution in [2.45, 2.75) is 44.1 Å². The maximum absolute atomic E-state index is 12.4. The SMILES string of the molecule is O=C1C2(CC2)O/C(=C/O)C2(CC2)C12CC2. The van der Waals surface area contributed by atoms with Crippen molar-refractivity contribution in [3.8, 4) is 0 Å². The number of hydrogen-bond donors (Lipinski definition) is 1. The van der Waals surface area contributed by atoms with Gasteiger partial charge in [0.15, 0.2) is 11.4 Å². The molecule has 3 aliphatic carbocycles. The second-order valence-corrected chi connectivity index (χ2v) is 5.58. The lowest BCUT2D eigenvalue weighted by atomic mass is 9.75. The Bertz CT molecular complexity index is 395. The van der Waals surface area contributed by atoms with Crippen LogP contribution in [0, 0.1) is 10.8 Å². The summed E-state index contributed by atoms with van der Waals surface area (Å²) in [5.74, 6) is 1.05. The van der Waals surface area contributed by atoms with Crippen molar-refractivity contribution in [1.29, 1.82) is 0 Å². The monoisotopic (exact) mass is 206 g/mol. The first-order valence-corrected chi connectivity index (χ1v) is 5.78. The third-order valence-electron chi connectivity index (χ3n) is 4.86. The van der Waals surface area contributed by atoms with Gasteiger partial charge in [-0.25, -0.2) is 0 Å². The average Bonchev–Trinajstić information content (AvgIpc) is 3.12. The summed E-state index contributed by atoms with van der Waals surface area (Å²) in [7, 11) is 0. The van der Waals surface area contributed by atoms with E-state index in [1.807, 2.05) is 0 Å². The molecule has 3 heteroatoms. The van der Waals surface area contributed by atoms with Gasteiger partial charge in [0.25, 0.3) is 0 Å². The van der Waals surface area contributed by atoms with Gasteiger partial charge >= 0.3 is 0 Å². The number of fused-ring (bicyclic) bond motifs is 1. The minimum Gasteiger partial charge on any atom is -0.512 e. The van der Waals surface area contributed by atoms with Crippen molar-refractivity contribution in [3.05, 3.63) is 12.0 Å². The summed E-state index contributed by atoms with van der Waals surface area (Å²) in [5, 5.41) is 9.27. The van der Waals surface area contributed by atoms with Crippen molar-refractivity contribution in [2.24, 2.45) is 10.8 Å². The van der Waals surface area contributed by atoms with Gasteiger partial charge in [-0.05, 0) is 38.5 Å². The number of rotatable bonds is 0. The Morgan fingerprint density at radius 2 is 1.67 bits per heavy atom. The quantitative estimate of drug-likeness (QED) is 0.617. The molecule has 1 N–H and O–H groups in total. The van der Waals surface area contributed by atoms with Crippen molar-refractivity contribution >= 4 is 5.78 Å². The van der Waals surface area contributed by atoms with Crippen LogP contribution in [0.4, 0.5) is 0 Å². The van der Waals surface area contributed by atoms with E-state index < -0.39 is 5.60 Å². The lowest BCUT2D eigenvalue weighted by Crippen LogP contribution is -2.46. The van der Waals surface area contributed by atoms with Crippen LogP contribution < -0.4 is 0 Å². The summed E-state index contributed by atoms with van der Waals surface area (Å²) >= 11 is 0. The van der Waals surface area contributed by atoms with E-state index in [-0.39, 0.29) is 10.8 Å². The topological polar surface area (TPSA) is 46.5 Å². The lowest BCUT2D eigenvalue weighted by Gasteiger charge is -2.38. The highest BCUT2D eigenvalue weighted by molar-refractivity contribution is 5.99. The second kappa shape index (κ2) is 1.95. The molecule has 0 atom stereocenters. The molecular formula is C12H14O3. The van der Waals surface area contributed by atoms with Crippen LogP contribution >= 0.6 is 0 Å². The molecule has 3 saturated carbocycles. The fourth-order valence-electron chi connectivity index (χ4n) is 3.52. The van der Waals surface area contributed by atoms with E-state index >= 15 is 0 Å². The maximum atomic E-state index is 12.4. The fourth-order valence-corrected chi connectivity index (χ4v) is 3.52. The molecule has 1 saturated heterocycles. The summed E-state index contributed by atoms with van der Waals surface area (Å²) in [6.45, 7) is 0. The molecule has 3 spiro atoms. The molecule has 0 unspecified atom stereocenters. The van der Waals surface area contributed by atoms with Crippen LogP contribution in [-0.2, 0) is 9.53 Å². The molecule has 4 aliphatic rings. The number of ether oxygens (including phenoxy) is 1. The molecule has 1 aliphatic heterocycles. The van der Waals surface area contributed by atoms with Gasteiger partial charge < -0.3 is 9.84 Å². The Morgan fingerprint density at radius 3 is 2.07 bits per heavy atom. The minimum absolute atomic E-state index is 0.0906.